The Morgan fingerprint density at radius 2 is 0.776 bits per heavy atom. The van der Waals surface area contributed by atoms with Crippen LogP contribution in [-0.2, 0) is 26.4 Å². The van der Waals surface area contributed by atoms with Gasteiger partial charge in [-0.3, -0.25) is 0 Å². The number of rotatable bonds is 7. The summed E-state index contributed by atoms with van der Waals surface area (Å²) in [5, 5.41) is 0. The maximum atomic E-state index is 8.85. The fourth-order valence-corrected chi connectivity index (χ4v) is 43.4. The second-order valence-electron chi connectivity index (χ2n) is 19.3. The summed E-state index contributed by atoms with van der Waals surface area (Å²) in [6.45, 7) is 23.6. The summed E-state index contributed by atoms with van der Waals surface area (Å²) in [5.41, 5.74) is 20.5. The topological polar surface area (TPSA) is 0 Å². The van der Waals surface area contributed by atoms with Crippen LogP contribution in [0.2, 0.25) is 13.1 Å². The molecule has 0 amide bonds. The third-order valence-electron chi connectivity index (χ3n) is 13.2. The molecule has 0 saturated carbocycles. The van der Waals surface area contributed by atoms with Gasteiger partial charge in [-0.25, -0.2) is 0 Å². The van der Waals surface area contributed by atoms with Gasteiger partial charge in [0.25, 0.3) is 0 Å². The molecule has 0 radical (unpaired) electrons. The van der Waals surface area contributed by atoms with Crippen molar-refractivity contribution in [2.24, 2.45) is 0 Å². The standard InChI is InChI=1S/2C26H25.C2H7Si.2ClH.Zr/c2*1-18-16-20-14-15-24(26(2,3)4)25(23(20)17-18)22-13-9-8-12-21(22)19-10-6-5-7-11-19;1-3-2;;;/h2*5-17H,1-4H3;3H,1-2H3;2*1H;/q;;;;;+2/p-2. The van der Waals surface area contributed by atoms with Crippen molar-refractivity contribution in [3.05, 3.63) is 178 Å². The molecule has 295 valence electrons. The van der Waals surface area contributed by atoms with Crippen molar-refractivity contribution in [1.29, 1.82) is 0 Å². The van der Waals surface area contributed by atoms with Gasteiger partial charge in [0, 0.05) is 0 Å². The number of halogens is 2. The zero-order valence-corrected chi connectivity index (χ0v) is 41.0. The molecule has 8 rings (SSSR count). The first-order chi connectivity index (χ1) is 27.4. The number of allylic oxidation sites excluding steroid dienone is 2. The molecular weight excluding hydrogens is 839 g/mol. The van der Waals surface area contributed by atoms with Gasteiger partial charge in [-0.15, -0.1) is 0 Å². The van der Waals surface area contributed by atoms with Crippen molar-refractivity contribution in [3.8, 4) is 44.5 Å². The Morgan fingerprint density at radius 3 is 1.10 bits per heavy atom. The second-order valence-corrected chi connectivity index (χ2v) is 61.8. The van der Waals surface area contributed by atoms with E-state index in [0.29, 0.717) is 0 Å². The molecule has 0 spiro atoms. The van der Waals surface area contributed by atoms with E-state index >= 15 is 0 Å². The van der Waals surface area contributed by atoms with E-state index in [-0.39, 0.29) is 18.1 Å². The average Bonchev–Trinajstić information content (AvgIpc) is 3.73. The summed E-state index contributed by atoms with van der Waals surface area (Å²) in [6, 6.07) is 49.2. The SMILES string of the molecule is CC1=Cc2c(ccc(C(C)(C)C)c2-c2ccccc2-c2ccccc2)[CH]1[Zr]([Cl])([Cl])([CH]1C(C)=Cc2c1ccc(C(C)(C)C)c2-c1ccccc1-c1ccccc1)[SiH](C)C. The van der Waals surface area contributed by atoms with Gasteiger partial charge in [0.2, 0.25) is 0 Å². The van der Waals surface area contributed by atoms with Gasteiger partial charge in [0.15, 0.2) is 0 Å². The van der Waals surface area contributed by atoms with Gasteiger partial charge in [-0.2, -0.15) is 0 Å². The summed E-state index contributed by atoms with van der Waals surface area (Å²) in [5.74, 6) is -1.75. The van der Waals surface area contributed by atoms with E-state index in [4.69, 9.17) is 17.0 Å². The molecule has 2 unspecified atom stereocenters. The first-order valence-corrected chi connectivity index (χ1v) is 37.3. The predicted octanol–water partition coefficient (Wildman–Crippen LogP) is 16.5. The van der Waals surface area contributed by atoms with Crippen LogP contribution in [0, 0.1) is 0 Å². The molecule has 0 aromatic heterocycles. The van der Waals surface area contributed by atoms with E-state index < -0.39 is 21.5 Å². The summed E-state index contributed by atoms with van der Waals surface area (Å²) in [7, 11) is 17.7. The molecule has 0 aliphatic heterocycles. The number of hydrogen-bond acceptors (Lipinski definition) is 0. The van der Waals surface area contributed by atoms with Crippen molar-refractivity contribution in [2.45, 2.75) is 86.6 Å². The Bertz CT molecular complexity index is 2440. The monoisotopic (exact) mass is 893 g/mol. The van der Waals surface area contributed by atoms with Crippen LogP contribution in [0.5, 0.6) is 0 Å². The quantitative estimate of drug-likeness (QED) is 0.140. The zero-order valence-electron chi connectivity index (χ0n) is 35.8. The van der Waals surface area contributed by atoms with Crippen molar-refractivity contribution < 1.29 is 15.6 Å². The van der Waals surface area contributed by atoms with Crippen molar-refractivity contribution in [1.82, 2.24) is 0 Å². The summed E-state index contributed by atoms with van der Waals surface area (Å²) in [4.78, 5) is 0. The van der Waals surface area contributed by atoms with Crippen molar-refractivity contribution in [2.75, 3.05) is 0 Å². The molecule has 2 atom stereocenters. The van der Waals surface area contributed by atoms with Crippen LogP contribution in [0.3, 0.4) is 0 Å². The summed E-state index contributed by atoms with van der Waals surface area (Å²) < 4.78 is 0.00878. The summed E-state index contributed by atoms with van der Waals surface area (Å²) >= 11 is -5.01. The van der Waals surface area contributed by atoms with Gasteiger partial charge in [0.1, 0.15) is 0 Å². The Kier molecular flexibility index (Phi) is 10.6. The Balaban J connectivity index is 1.37. The molecule has 4 heteroatoms. The second kappa shape index (κ2) is 14.9. The zero-order chi connectivity index (χ0) is 41.4. The van der Waals surface area contributed by atoms with Gasteiger partial charge >= 0.3 is 360 Å². The van der Waals surface area contributed by atoms with E-state index in [1.807, 2.05) is 0 Å². The van der Waals surface area contributed by atoms with Gasteiger partial charge in [-0.1, -0.05) is 0 Å². The van der Waals surface area contributed by atoms with Crippen LogP contribution in [0.1, 0.15) is 96.0 Å². The first-order valence-electron chi connectivity index (χ1n) is 21.0. The Labute approximate surface area is 356 Å². The number of fused-ring (bicyclic) bond motifs is 2. The molecule has 0 fully saturated rings. The normalized spacial score (nSPS) is 17.4. The number of hydrogen-bond donors (Lipinski definition) is 0. The van der Waals surface area contributed by atoms with E-state index in [1.54, 1.807) is 0 Å². The third kappa shape index (κ3) is 6.66. The molecule has 0 bridgehead atoms. The average molecular weight is 896 g/mol. The molecule has 58 heavy (non-hydrogen) atoms. The summed E-state index contributed by atoms with van der Waals surface area (Å²) in [6.07, 6.45) is 4.95. The number of benzene rings is 6. The van der Waals surface area contributed by atoms with E-state index in [0.717, 1.165) is 0 Å². The van der Waals surface area contributed by atoms with Crippen LogP contribution < -0.4 is 0 Å². The Hall–Kier alpha value is -3.52. The molecule has 6 aromatic carbocycles. The molecule has 6 aromatic rings. The molecule has 2 aliphatic rings. The first kappa shape index (κ1) is 41.2. The fourth-order valence-electron chi connectivity index (χ4n) is 10.5. The van der Waals surface area contributed by atoms with Crippen LogP contribution in [0.25, 0.3) is 56.7 Å². The van der Waals surface area contributed by atoms with Crippen LogP contribution in [-0.4, -0.2) is 5.92 Å². The van der Waals surface area contributed by atoms with Gasteiger partial charge in [0.05, 0.1) is 0 Å². The maximum absolute atomic E-state index is 8.85. The van der Waals surface area contributed by atoms with Gasteiger partial charge in [-0.05, 0) is 0 Å². The van der Waals surface area contributed by atoms with Crippen molar-refractivity contribution in [3.63, 3.8) is 0 Å². The molecule has 0 nitrogen and oxygen atoms in total. The van der Waals surface area contributed by atoms with Crippen LogP contribution >= 0.6 is 17.0 Å². The molecule has 0 saturated heterocycles. The predicted molar refractivity (Wildman–Crippen MR) is 255 cm³/mol. The fraction of sp³-hybridized carbons (Fsp3) is 0.259. The minimum atomic E-state index is -5.01. The molecule has 0 N–H and O–H groups in total. The molecule has 0 heterocycles. The Morgan fingerprint density at radius 1 is 0.448 bits per heavy atom. The molecule has 2 aliphatic carbocycles. The van der Waals surface area contributed by atoms with Crippen LogP contribution in [0.15, 0.2) is 145 Å². The van der Waals surface area contributed by atoms with Crippen LogP contribution in [0.4, 0.5) is 0 Å². The minimum absolute atomic E-state index is 0.00439. The van der Waals surface area contributed by atoms with Crippen molar-refractivity contribution >= 4 is 35.1 Å². The van der Waals surface area contributed by atoms with E-state index in [9.17, 15) is 0 Å². The van der Waals surface area contributed by atoms with Gasteiger partial charge < -0.3 is 0 Å². The third-order valence-corrected chi connectivity index (χ3v) is 65.5. The van der Waals surface area contributed by atoms with E-state index in [2.05, 4.69) is 214 Å². The molecular formula is C54H57Cl2SiZr. The van der Waals surface area contributed by atoms with E-state index in [1.165, 1.54) is 89.0 Å².